The minimum Gasteiger partial charge on any atom is -0.495 e. The van der Waals surface area contributed by atoms with E-state index >= 15 is 0 Å². The zero-order valence-electron chi connectivity index (χ0n) is 21.9. The third-order valence-corrected chi connectivity index (χ3v) is 6.33. The third kappa shape index (κ3) is 6.69. The number of nitrogens with one attached hydrogen (secondary N) is 3. The van der Waals surface area contributed by atoms with Gasteiger partial charge in [-0.2, -0.15) is 0 Å². The van der Waals surface area contributed by atoms with E-state index in [4.69, 9.17) is 4.74 Å². The molecule has 2 aromatic carbocycles. The van der Waals surface area contributed by atoms with Crippen molar-refractivity contribution in [3.05, 3.63) is 79.1 Å². The average molecular weight is 530 g/mol. The fourth-order valence-electron chi connectivity index (χ4n) is 4.26. The Labute approximate surface area is 226 Å². The highest BCUT2D eigenvalue weighted by Gasteiger charge is 2.33. The first-order valence-electron chi connectivity index (χ1n) is 12.5. The van der Waals surface area contributed by atoms with Crippen LogP contribution in [0.25, 0.3) is 0 Å². The Morgan fingerprint density at radius 1 is 1.15 bits per heavy atom. The maximum atomic E-state index is 12.9. The molecular weight excluding hydrogens is 498 g/mol. The van der Waals surface area contributed by atoms with E-state index < -0.39 is 6.04 Å². The second kappa shape index (κ2) is 12.5. The molecule has 0 aliphatic carbocycles. The van der Waals surface area contributed by atoms with Gasteiger partial charge >= 0.3 is 6.03 Å². The van der Waals surface area contributed by atoms with Gasteiger partial charge in [0, 0.05) is 31.9 Å². The summed E-state index contributed by atoms with van der Waals surface area (Å²) in [5.74, 6) is 0.790. The predicted molar refractivity (Wildman–Crippen MR) is 149 cm³/mol. The van der Waals surface area contributed by atoms with Crippen molar-refractivity contribution in [1.82, 2.24) is 20.2 Å². The minimum atomic E-state index is -0.554. The number of aromatic nitrogens is 2. The summed E-state index contributed by atoms with van der Waals surface area (Å²) in [6.45, 7) is 4.43. The smallest absolute Gasteiger partial charge is 0.323 e. The number of methoxy groups -OCH3 is 1. The molecule has 0 unspecified atom stereocenters. The van der Waals surface area contributed by atoms with Crippen molar-refractivity contribution in [2.24, 2.45) is 0 Å². The van der Waals surface area contributed by atoms with Gasteiger partial charge in [-0.05, 0) is 42.7 Å². The molecule has 4 amide bonds. The number of hydrogen-bond donors (Lipinski definition) is 3. The lowest BCUT2D eigenvalue weighted by Gasteiger charge is -2.23. The second-order valence-corrected chi connectivity index (χ2v) is 8.89. The van der Waals surface area contributed by atoms with Crippen LogP contribution in [0.15, 0.2) is 73.6 Å². The number of urea groups is 1. The molecule has 4 rings (SSSR count). The van der Waals surface area contributed by atoms with E-state index in [2.05, 4.69) is 32.5 Å². The van der Waals surface area contributed by atoms with E-state index in [-0.39, 0.29) is 17.8 Å². The van der Waals surface area contributed by atoms with Crippen LogP contribution in [0.3, 0.4) is 0 Å². The van der Waals surface area contributed by atoms with Gasteiger partial charge in [0.15, 0.2) is 0 Å². The van der Waals surface area contributed by atoms with Crippen molar-refractivity contribution in [2.75, 3.05) is 36.2 Å². The molecule has 1 aromatic heterocycles. The lowest BCUT2D eigenvalue weighted by molar-refractivity contribution is -0.132. The molecule has 1 saturated heterocycles. The fraction of sp³-hybridized carbons (Fsp3) is 0.250. The molecular formula is C28H31N7O4. The quantitative estimate of drug-likeness (QED) is 0.361. The van der Waals surface area contributed by atoms with Crippen LogP contribution in [-0.4, -0.2) is 59.5 Å². The Hall–Kier alpha value is -4.93. The van der Waals surface area contributed by atoms with Gasteiger partial charge in [-0.15, -0.1) is 0 Å². The summed E-state index contributed by atoms with van der Waals surface area (Å²) < 4.78 is 5.47. The number of hydrogen-bond acceptors (Lipinski definition) is 7. The molecule has 1 aliphatic heterocycles. The van der Waals surface area contributed by atoms with Crippen molar-refractivity contribution < 1.29 is 19.1 Å². The maximum Gasteiger partial charge on any atom is 0.323 e. The summed E-state index contributed by atoms with van der Waals surface area (Å²) >= 11 is 0. The Kier molecular flexibility index (Phi) is 8.72. The van der Waals surface area contributed by atoms with E-state index in [1.54, 1.807) is 31.3 Å². The maximum absolute atomic E-state index is 12.9. The predicted octanol–water partition coefficient (Wildman–Crippen LogP) is 3.69. The van der Waals surface area contributed by atoms with Gasteiger partial charge in [-0.3, -0.25) is 14.5 Å². The molecule has 39 heavy (non-hydrogen) atoms. The number of anilines is 4. The summed E-state index contributed by atoms with van der Waals surface area (Å²) in [6.07, 6.45) is 3.91. The van der Waals surface area contributed by atoms with E-state index in [9.17, 15) is 14.4 Å². The molecule has 1 atom stereocenters. The highest BCUT2D eigenvalue weighted by Crippen LogP contribution is 2.31. The van der Waals surface area contributed by atoms with Gasteiger partial charge < -0.3 is 25.6 Å². The number of amides is 4. The van der Waals surface area contributed by atoms with Gasteiger partial charge in [0.1, 0.15) is 29.8 Å². The number of ether oxygens (including phenoxy) is 1. The first kappa shape index (κ1) is 27.1. The molecule has 0 radical (unpaired) electrons. The lowest BCUT2D eigenvalue weighted by Crippen LogP contribution is -2.42. The minimum absolute atomic E-state index is 0.261. The van der Waals surface area contributed by atoms with Gasteiger partial charge in [0.25, 0.3) is 0 Å². The van der Waals surface area contributed by atoms with E-state index in [0.29, 0.717) is 48.3 Å². The van der Waals surface area contributed by atoms with Crippen LogP contribution in [0.4, 0.5) is 27.8 Å². The largest absolute Gasteiger partial charge is 0.495 e. The van der Waals surface area contributed by atoms with Crippen LogP contribution in [0.2, 0.25) is 0 Å². The SMILES string of the molecule is C=CC(=O)N1CCC[C@H]1C(=O)Nc1ccc(OC)c(Nc2cc(N(C)C(=O)NCc3ccccc3)ncn2)c1. The monoisotopic (exact) mass is 529 g/mol. The molecule has 3 N–H and O–H groups in total. The Balaban J connectivity index is 1.45. The second-order valence-electron chi connectivity index (χ2n) is 8.89. The van der Waals surface area contributed by atoms with Crippen molar-refractivity contribution in [2.45, 2.75) is 25.4 Å². The van der Waals surface area contributed by atoms with E-state index in [1.165, 1.54) is 29.3 Å². The normalized spacial score (nSPS) is 14.3. The summed E-state index contributed by atoms with van der Waals surface area (Å²) in [5.41, 5.74) is 2.05. The van der Waals surface area contributed by atoms with Crippen LogP contribution in [-0.2, 0) is 16.1 Å². The first-order chi connectivity index (χ1) is 18.9. The summed E-state index contributed by atoms with van der Waals surface area (Å²) in [6, 6.07) is 15.5. The number of rotatable bonds is 9. The molecule has 1 fully saturated rings. The van der Waals surface area contributed by atoms with Gasteiger partial charge in [-0.1, -0.05) is 36.9 Å². The zero-order chi connectivity index (χ0) is 27.8. The van der Waals surface area contributed by atoms with Crippen molar-refractivity contribution in [3.8, 4) is 5.75 Å². The fourth-order valence-corrected chi connectivity index (χ4v) is 4.26. The third-order valence-electron chi connectivity index (χ3n) is 6.33. The Bertz CT molecular complexity index is 1350. The van der Waals surface area contributed by atoms with Crippen LogP contribution in [0.5, 0.6) is 5.75 Å². The van der Waals surface area contributed by atoms with Crippen LogP contribution in [0, 0.1) is 0 Å². The Morgan fingerprint density at radius 2 is 1.95 bits per heavy atom. The Morgan fingerprint density at radius 3 is 2.69 bits per heavy atom. The molecule has 3 aromatic rings. The van der Waals surface area contributed by atoms with Crippen molar-refractivity contribution in [1.29, 1.82) is 0 Å². The number of carbonyl (C=O) groups excluding carboxylic acids is 3. The van der Waals surface area contributed by atoms with Gasteiger partial charge in [0.2, 0.25) is 11.8 Å². The number of likely N-dealkylation sites (tertiary alicyclic amines) is 1. The van der Waals surface area contributed by atoms with Crippen molar-refractivity contribution >= 4 is 40.9 Å². The van der Waals surface area contributed by atoms with Crippen molar-refractivity contribution in [3.63, 3.8) is 0 Å². The van der Waals surface area contributed by atoms with Crippen LogP contribution >= 0.6 is 0 Å². The highest BCUT2D eigenvalue weighted by atomic mass is 16.5. The van der Waals surface area contributed by atoms with E-state index in [1.807, 2.05) is 30.3 Å². The molecule has 1 aliphatic rings. The van der Waals surface area contributed by atoms with E-state index in [0.717, 1.165) is 12.0 Å². The molecule has 0 saturated carbocycles. The topological polar surface area (TPSA) is 129 Å². The molecule has 2 heterocycles. The molecule has 11 nitrogen and oxygen atoms in total. The molecule has 202 valence electrons. The molecule has 0 spiro atoms. The van der Waals surface area contributed by atoms with Gasteiger partial charge in [0.05, 0.1) is 12.8 Å². The van der Waals surface area contributed by atoms with Gasteiger partial charge in [-0.25, -0.2) is 14.8 Å². The average Bonchev–Trinajstić information content (AvgIpc) is 3.46. The number of benzene rings is 2. The first-order valence-corrected chi connectivity index (χ1v) is 12.5. The number of nitrogens with zero attached hydrogens (tertiary/aromatic N) is 4. The zero-order valence-corrected chi connectivity index (χ0v) is 21.9. The summed E-state index contributed by atoms with van der Waals surface area (Å²) in [7, 11) is 3.15. The standard InChI is InChI=1S/C28H31N7O4/c1-4-26(36)35-14-8-11-22(35)27(37)32-20-12-13-23(39-3)21(15-20)33-24-16-25(31-18-30-24)34(2)28(38)29-17-19-9-6-5-7-10-19/h4-7,9-10,12-13,15-16,18,22H,1,8,11,14,17H2,2-3H3,(H,29,38)(H,32,37)(H,30,31,33)/t22-/m0/s1. The summed E-state index contributed by atoms with van der Waals surface area (Å²) in [5, 5.41) is 8.92. The lowest BCUT2D eigenvalue weighted by atomic mass is 10.2. The van der Waals surface area contributed by atoms with Crippen LogP contribution < -0.4 is 25.6 Å². The van der Waals surface area contributed by atoms with Crippen LogP contribution in [0.1, 0.15) is 18.4 Å². The molecule has 11 heteroatoms. The highest BCUT2D eigenvalue weighted by molar-refractivity contribution is 5.99. The number of carbonyl (C=O) groups is 3. The summed E-state index contributed by atoms with van der Waals surface area (Å²) in [4.78, 5) is 49.1. The molecule has 0 bridgehead atoms.